The Morgan fingerprint density at radius 1 is 1.35 bits per heavy atom. The molecule has 3 rings (SSSR count). The van der Waals surface area contributed by atoms with Crippen molar-refractivity contribution in [2.24, 2.45) is 5.73 Å². The minimum atomic E-state index is -1.46. The monoisotopic (exact) mass is 322 g/mol. The molecule has 3 N–H and O–H groups in total. The van der Waals surface area contributed by atoms with E-state index in [4.69, 9.17) is 10.8 Å². The predicted octanol–water partition coefficient (Wildman–Crippen LogP) is 1.34. The number of aromatic carboxylic acids is 1. The molecule has 0 saturated heterocycles. The van der Waals surface area contributed by atoms with E-state index in [9.17, 15) is 23.2 Å². The molecule has 8 heteroatoms. The van der Waals surface area contributed by atoms with Gasteiger partial charge in [0.05, 0.1) is 17.3 Å². The van der Waals surface area contributed by atoms with Gasteiger partial charge in [-0.2, -0.15) is 0 Å². The second-order valence-electron chi connectivity index (χ2n) is 5.51. The molecule has 6 nitrogen and oxygen atoms in total. The van der Waals surface area contributed by atoms with E-state index in [1.807, 2.05) is 0 Å². The van der Waals surface area contributed by atoms with Crippen molar-refractivity contribution in [2.45, 2.75) is 25.3 Å². The number of pyridine rings is 1. The number of amides is 1. The molecular weight excluding hydrogens is 310 g/mol. The van der Waals surface area contributed by atoms with Crippen molar-refractivity contribution in [3.8, 4) is 0 Å². The highest BCUT2D eigenvalue weighted by Crippen LogP contribution is 2.38. The van der Waals surface area contributed by atoms with E-state index >= 15 is 0 Å². The van der Waals surface area contributed by atoms with Crippen LogP contribution in [0, 0.1) is 11.6 Å². The molecule has 1 aromatic carbocycles. The van der Waals surface area contributed by atoms with Gasteiger partial charge in [-0.05, 0) is 18.9 Å². The maximum Gasteiger partial charge on any atom is 0.341 e. The Balaban J connectivity index is 2.42. The van der Waals surface area contributed by atoms with Gasteiger partial charge in [0, 0.05) is 17.8 Å². The Hall–Kier alpha value is -2.77. The molecule has 23 heavy (non-hydrogen) atoms. The average Bonchev–Trinajstić information content (AvgIpc) is 3.28. The number of aromatic nitrogens is 1. The number of carboxylic acids is 1. The lowest BCUT2D eigenvalue weighted by molar-refractivity contribution is -0.117. The summed E-state index contributed by atoms with van der Waals surface area (Å²) in [7, 11) is 0. The van der Waals surface area contributed by atoms with Gasteiger partial charge in [-0.15, -0.1) is 0 Å². The van der Waals surface area contributed by atoms with Crippen molar-refractivity contribution in [3.05, 3.63) is 45.2 Å². The molecule has 1 aromatic heterocycles. The highest BCUT2D eigenvalue weighted by molar-refractivity contribution is 5.93. The number of carboxylic acid groups (broad SMARTS) is 1. The van der Waals surface area contributed by atoms with Gasteiger partial charge in [0.2, 0.25) is 11.3 Å². The van der Waals surface area contributed by atoms with E-state index in [0.29, 0.717) is 12.8 Å². The molecule has 0 bridgehead atoms. The zero-order valence-corrected chi connectivity index (χ0v) is 11.8. The summed E-state index contributed by atoms with van der Waals surface area (Å²) in [5.41, 5.74) is 2.76. The minimum absolute atomic E-state index is 0.155. The Kier molecular flexibility index (Phi) is 3.39. The van der Waals surface area contributed by atoms with Gasteiger partial charge in [0.1, 0.15) is 11.4 Å². The molecule has 1 aliphatic rings. The standard InChI is InChI=1S/C15H12F2N2O4/c16-10-3-8-13(12(17)7(10)4-11(18)20)19(6-1-2-6)5-9(14(8)21)15(22)23/h3,5-6H,1-2,4H2,(H2,18,20)(H,22,23). The molecule has 1 aliphatic carbocycles. The molecular formula is C15H12F2N2O4. The Morgan fingerprint density at radius 2 is 2.00 bits per heavy atom. The van der Waals surface area contributed by atoms with E-state index in [2.05, 4.69) is 0 Å². The maximum absolute atomic E-state index is 14.7. The average molecular weight is 322 g/mol. The fourth-order valence-electron chi connectivity index (χ4n) is 2.61. The third-order valence-corrected chi connectivity index (χ3v) is 3.82. The lowest BCUT2D eigenvalue weighted by Gasteiger charge is -2.14. The van der Waals surface area contributed by atoms with Crippen LogP contribution in [-0.2, 0) is 11.2 Å². The summed E-state index contributed by atoms with van der Waals surface area (Å²) < 4.78 is 30.1. The number of primary amides is 1. The van der Waals surface area contributed by atoms with Gasteiger partial charge in [-0.1, -0.05) is 0 Å². The Labute approximate surface area is 128 Å². The summed E-state index contributed by atoms with van der Waals surface area (Å²) in [4.78, 5) is 34.4. The van der Waals surface area contributed by atoms with Gasteiger partial charge in [-0.25, -0.2) is 13.6 Å². The van der Waals surface area contributed by atoms with Crippen LogP contribution in [0.2, 0.25) is 0 Å². The molecule has 1 amide bonds. The Bertz CT molecular complexity index is 916. The number of hydrogen-bond acceptors (Lipinski definition) is 3. The van der Waals surface area contributed by atoms with Crippen molar-refractivity contribution in [1.29, 1.82) is 0 Å². The number of benzene rings is 1. The zero-order chi connectivity index (χ0) is 16.9. The summed E-state index contributed by atoms with van der Waals surface area (Å²) in [6.45, 7) is 0. The van der Waals surface area contributed by atoms with Crippen LogP contribution in [-0.4, -0.2) is 21.6 Å². The molecule has 0 radical (unpaired) electrons. The normalized spacial score (nSPS) is 14.2. The first kappa shape index (κ1) is 15.1. The molecule has 0 atom stereocenters. The van der Waals surface area contributed by atoms with Crippen LogP contribution in [0.1, 0.15) is 34.8 Å². The van der Waals surface area contributed by atoms with Crippen LogP contribution in [0.15, 0.2) is 17.1 Å². The van der Waals surface area contributed by atoms with Crippen LogP contribution in [0.25, 0.3) is 10.9 Å². The molecule has 0 aliphatic heterocycles. The fraction of sp³-hybridized carbons (Fsp3) is 0.267. The highest BCUT2D eigenvalue weighted by Gasteiger charge is 2.29. The lowest BCUT2D eigenvalue weighted by atomic mass is 10.0. The van der Waals surface area contributed by atoms with Crippen molar-refractivity contribution in [3.63, 3.8) is 0 Å². The van der Waals surface area contributed by atoms with Crippen LogP contribution < -0.4 is 11.2 Å². The molecule has 0 unspecified atom stereocenters. The second-order valence-corrected chi connectivity index (χ2v) is 5.51. The lowest BCUT2D eigenvalue weighted by Crippen LogP contribution is -2.21. The van der Waals surface area contributed by atoms with Crippen molar-refractivity contribution >= 4 is 22.8 Å². The van der Waals surface area contributed by atoms with Crippen molar-refractivity contribution in [1.82, 2.24) is 4.57 Å². The first-order valence-corrected chi connectivity index (χ1v) is 6.88. The predicted molar refractivity (Wildman–Crippen MR) is 76.3 cm³/mol. The molecule has 0 spiro atoms. The summed E-state index contributed by atoms with van der Waals surface area (Å²) in [5, 5.41) is 8.74. The minimum Gasteiger partial charge on any atom is -0.477 e. The van der Waals surface area contributed by atoms with Crippen molar-refractivity contribution < 1.29 is 23.5 Å². The van der Waals surface area contributed by atoms with Gasteiger partial charge in [0.15, 0.2) is 5.82 Å². The summed E-state index contributed by atoms with van der Waals surface area (Å²) in [5.74, 6) is -4.53. The SMILES string of the molecule is NC(=O)Cc1c(F)cc2c(=O)c(C(=O)O)cn(C3CC3)c2c1F. The fourth-order valence-corrected chi connectivity index (χ4v) is 2.61. The number of carbonyl (C=O) groups excluding carboxylic acids is 1. The number of nitrogens with two attached hydrogens (primary N) is 1. The van der Waals surface area contributed by atoms with Crippen molar-refractivity contribution in [2.75, 3.05) is 0 Å². The Morgan fingerprint density at radius 3 is 2.52 bits per heavy atom. The van der Waals surface area contributed by atoms with Gasteiger partial charge < -0.3 is 15.4 Å². The van der Waals surface area contributed by atoms with E-state index in [-0.39, 0.29) is 16.9 Å². The quantitative estimate of drug-likeness (QED) is 0.886. The van der Waals surface area contributed by atoms with Gasteiger partial charge in [-0.3, -0.25) is 9.59 Å². The van der Waals surface area contributed by atoms with Crippen LogP contribution in [0.4, 0.5) is 8.78 Å². The smallest absolute Gasteiger partial charge is 0.341 e. The number of rotatable bonds is 4. The second kappa shape index (κ2) is 5.15. The number of fused-ring (bicyclic) bond motifs is 1. The molecule has 1 fully saturated rings. The van der Waals surface area contributed by atoms with Gasteiger partial charge >= 0.3 is 5.97 Å². The largest absolute Gasteiger partial charge is 0.477 e. The van der Waals surface area contributed by atoms with E-state index in [1.165, 1.54) is 4.57 Å². The topological polar surface area (TPSA) is 102 Å². The van der Waals surface area contributed by atoms with Crippen LogP contribution >= 0.6 is 0 Å². The summed E-state index contributed by atoms with van der Waals surface area (Å²) >= 11 is 0. The summed E-state index contributed by atoms with van der Waals surface area (Å²) in [6.07, 6.45) is 1.81. The van der Waals surface area contributed by atoms with Gasteiger partial charge in [0.25, 0.3) is 0 Å². The first-order valence-electron chi connectivity index (χ1n) is 6.88. The maximum atomic E-state index is 14.7. The third-order valence-electron chi connectivity index (χ3n) is 3.82. The van der Waals surface area contributed by atoms with E-state index in [0.717, 1.165) is 12.3 Å². The zero-order valence-electron chi connectivity index (χ0n) is 11.8. The molecule has 120 valence electrons. The number of halogens is 2. The number of hydrogen-bond donors (Lipinski definition) is 2. The highest BCUT2D eigenvalue weighted by atomic mass is 19.1. The van der Waals surface area contributed by atoms with E-state index in [1.54, 1.807) is 0 Å². The first-order chi connectivity index (χ1) is 10.8. The van der Waals surface area contributed by atoms with E-state index < -0.39 is 46.5 Å². The molecule has 1 heterocycles. The van der Waals surface area contributed by atoms with Crippen LogP contribution in [0.5, 0.6) is 0 Å². The molecule has 1 saturated carbocycles. The third kappa shape index (κ3) is 2.45. The van der Waals surface area contributed by atoms with Crippen LogP contribution in [0.3, 0.4) is 0 Å². The summed E-state index contributed by atoms with van der Waals surface area (Å²) in [6, 6.07) is 0.613. The molecule has 2 aromatic rings. The number of nitrogens with zero attached hydrogens (tertiary/aromatic N) is 1. The number of carbonyl (C=O) groups is 2.